The number of thiazole rings is 1. The van der Waals surface area contributed by atoms with Crippen LogP contribution in [0.25, 0.3) is 0 Å². The number of carbonyl (C=O) groups is 1. The summed E-state index contributed by atoms with van der Waals surface area (Å²) < 4.78 is 0.937. The smallest absolute Gasteiger partial charge is 0.237 e. The van der Waals surface area contributed by atoms with Crippen LogP contribution in [-0.4, -0.2) is 16.1 Å². The summed E-state index contributed by atoms with van der Waals surface area (Å²) in [5.74, 6) is 0.00658. The summed E-state index contributed by atoms with van der Waals surface area (Å²) in [4.78, 5) is 16.5. The molecule has 106 valence electrons. The molecule has 1 heterocycles. The molecule has 0 aliphatic heterocycles. The van der Waals surface area contributed by atoms with Gasteiger partial charge in [0.2, 0.25) is 5.91 Å². The molecule has 0 aliphatic rings. The van der Waals surface area contributed by atoms with Gasteiger partial charge in [0.05, 0.1) is 5.25 Å². The van der Waals surface area contributed by atoms with Crippen molar-refractivity contribution in [3.05, 3.63) is 40.9 Å². The summed E-state index contributed by atoms with van der Waals surface area (Å²) in [5, 5.41) is 4.77. The maximum atomic E-state index is 12.1. The average Bonchev–Trinajstić information content (AvgIpc) is 2.85. The first-order valence-electron chi connectivity index (χ1n) is 6.57. The van der Waals surface area contributed by atoms with Gasteiger partial charge in [-0.1, -0.05) is 30.8 Å². The van der Waals surface area contributed by atoms with Gasteiger partial charge < -0.3 is 5.32 Å². The Kier molecular flexibility index (Phi) is 5.20. The SMILES string of the molecule is CCc1ccc(NC(=O)[C@@H](C)Sc2nc(C)cs2)cc1. The van der Waals surface area contributed by atoms with Crippen LogP contribution in [0.3, 0.4) is 0 Å². The van der Waals surface area contributed by atoms with Crippen LogP contribution in [0.4, 0.5) is 5.69 Å². The molecular weight excluding hydrogens is 288 g/mol. The Morgan fingerprint density at radius 3 is 2.65 bits per heavy atom. The van der Waals surface area contributed by atoms with E-state index in [4.69, 9.17) is 0 Å². The number of aryl methyl sites for hydroxylation is 2. The summed E-state index contributed by atoms with van der Waals surface area (Å²) >= 11 is 3.07. The maximum Gasteiger partial charge on any atom is 0.237 e. The molecule has 0 spiro atoms. The van der Waals surface area contributed by atoms with Crippen LogP contribution in [0.5, 0.6) is 0 Å². The lowest BCUT2D eigenvalue weighted by atomic mass is 10.1. The van der Waals surface area contributed by atoms with Gasteiger partial charge in [0, 0.05) is 16.8 Å². The predicted octanol–water partition coefficient (Wildman–Crippen LogP) is 4.13. The number of nitrogens with one attached hydrogen (secondary N) is 1. The Bertz CT molecular complexity index is 578. The van der Waals surface area contributed by atoms with Crippen molar-refractivity contribution >= 4 is 34.7 Å². The van der Waals surface area contributed by atoms with Gasteiger partial charge in [-0.15, -0.1) is 11.3 Å². The highest BCUT2D eigenvalue weighted by Gasteiger charge is 2.16. The standard InChI is InChI=1S/C15H18N2OS2/c1-4-12-5-7-13(8-6-12)17-14(18)11(3)20-15-16-10(2)9-19-15/h5-9,11H,4H2,1-3H3,(H,17,18)/t11-/m1/s1. The minimum Gasteiger partial charge on any atom is -0.325 e. The highest BCUT2D eigenvalue weighted by atomic mass is 32.2. The number of hydrogen-bond acceptors (Lipinski definition) is 4. The topological polar surface area (TPSA) is 42.0 Å². The second-order valence-electron chi connectivity index (χ2n) is 4.55. The van der Waals surface area contributed by atoms with E-state index in [1.54, 1.807) is 11.3 Å². The van der Waals surface area contributed by atoms with Gasteiger partial charge in [-0.2, -0.15) is 0 Å². The second-order valence-corrected chi connectivity index (χ2v) is 7.00. The van der Waals surface area contributed by atoms with E-state index < -0.39 is 0 Å². The molecule has 0 unspecified atom stereocenters. The highest BCUT2D eigenvalue weighted by molar-refractivity contribution is 8.02. The lowest BCUT2D eigenvalue weighted by molar-refractivity contribution is -0.115. The molecule has 1 N–H and O–H groups in total. The van der Waals surface area contributed by atoms with Gasteiger partial charge in [0.15, 0.2) is 4.34 Å². The fourth-order valence-electron chi connectivity index (χ4n) is 1.66. The Morgan fingerprint density at radius 1 is 1.40 bits per heavy atom. The highest BCUT2D eigenvalue weighted by Crippen LogP contribution is 2.27. The molecule has 2 aromatic rings. The van der Waals surface area contributed by atoms with Crippen molar-refractivity contribution in [3.8, 4) is 0 Å². The van der Waals surface area contributed by atoms with Crippen molar-refractivity contribution < 1.29 is 4.79 Å². The van der Waals surface area contributed by atoms with Crippen molar-refractivity contribution in [3.63, 3.8) is 0 Å². The number of hydrogen-bond donors (Lipinski definition) is 1. The number of anilines is 1. The van der Waals surface area contributed by atoms with Gasteiger partial charge >= 0.3 is 0 Å². The molecule has 2 rings (SSSR count). The van der Waals surface area contributed by atoms with Crippen molar-refractivity contribution in [2.24, 2.45) is 0 Å². The number of carbonyl (C=O) groups excluding carboxylic acids is 1. The molecule has 1 atom stereocenters. The Balaban J connectivity index is 1.93. The van der Waals surface area contributed by atoms with E-state index in [0.717, 1.165) is 22.1 Å². The first-order chi connectivity index (χ1) is 9.58. The van der Waals surface area contributed by atoms with E-state index in [2.05, 4.69) is 17.2 Å². The van der Waals surface area contributed by atoms with Gasteiger partial charge in [-0.3, -0.25) is 4.79 Å². The van der Waals surface area contributed by atoms with E-state index in [9.17, 15) is 4.79 Å². The summed E-state index contributed by atoms with van der Waals surface area (Å²) in [6.07, 6.45) is 1.00. The van der Waals surface area contributed by atoms with Crippen molar-refractivity contribution in [1.29, 1.82) is 0 Å². The zero-order chi connectivity index (χ0) is 14.5. The number of benzene rings is 1. The Morgan fingerprint density at radius 2 is 2.10 bits per heavy atom. The van der Waals surface area contributed by atoms with Crippen LogP contribution >= 0.6 is 23.1 Å². The number of rotatable bonds is 5. The number of thioether (sulfide) groups is 1. The fourth-order valence-corrected chi connectivity index (χ4v) is 3.64. The fraction of sp³-hybridized carbons (Fsp3) is 0.333. The second kappa shape index (κ2) is 6.90. The molecule has 0 radical (unpaired) electrons. The normalized spacial score (nSPS) is 12.2. The molecular formula is C15H18N2OS2. The zero-order valence-corrected chi connectivity index (χ0v) is 13.5. The minimum absolute atomic E-state index is 0.00658. The third-order valence-corrected chi connectivity index (χ3v) is 5.06. The molecule has 0 aliphatic carbocycles. The molecule has 3 nitrogen and oxygen atoms in total. The van der Waals surface area contributed by atoms with Crippen LogP contribution in [0.1, 0.15) is 25.1 Å². The maximum absolute atomic E-state index is 12.1. The van der Waals surface area contributed by atoms with E-state index >= 15 is 0 Å². The molecule has 1 aromatic carbocycles. The average molecular weight is 306 g/mol. The zero-order valence-electron chi connectivity index (χ0n) is 11.8. The summed E-state index contributed by atoms with van der Waals surface area (Å²) in [5.41, 5.74) is 3.11. The molecule has 0 fully saturated rings. The van der Waals surface area contributed by atoms with E-state index in [-0.39, 0.29) is 11.2 Å². The van der Waals surface area contributed by atoms with E-state index in [0.29, 0.717) is 0 Å². The molecule has 5 heteroatoms. The third-order valence-electron chi connectivity index (χ3n) is 2.87. The van der Waals surface area contributed by atoms with Gasteiger partial charge in [-0.05, 0) is 38.0 Å². The van der Waals surface area contributed by atoms with Crippen molar-refractivity contribution in [2.75, 3.05) is 5.32 Å². The van der Waals surface area contributed by atoms with Crippen LogP contribution in [0.2, 0.25) is 0 Å². The van der Waals surface area contributed by atoms with Gasteiger partial charge in [0.25, 0.3) is 0 Å². The first kappa shape index (κ1) is 15.1. The van der Waals surface area contributed by atoms with Crippen molar-refractivity contribution in [1.82, 2.24) is 4.98 Å². The van der Waals surface area contributed by atoms with Crippen LogP contribution < -0.4 is 5.32 Å². The van der Waals surface area contributed by atoms with E-state index in [1.165, 1.54) is 17.3 Å². The molecule has 0 saturated carbocycles. The van der Waals surface area contributed by atoms with Crippen molar-refractivity contribution in [2.45, 2.75) is 36.8 Å². The summed E-state index contributed by atoms with van der Waals surface area (Å²) in [6.45, 7) is 5.97. The van der Waals surface area contributed by atoms with Crippen LogP contribution in [0.15, 0.2) is 34.0 Å². The number of amides is 1. The molecule has 0 bridgehead atoms. The predicted molar refractivity (Wildman–Crippen MR) is 86.6 cm³/mol. The van der Waals surface area contributed by atoms with Crippen LogP contribution in [0, 0.1) is 6.92 Å². The summed E-state index contributed by atoms with van der Waals surface area (Å²) in [6, 6.07) is 7.97. The van der Waals surface area contributed by atoms with E-state index in [1.807, 2.05) is 43.5 Å². The monoisotopic (exact) mass is 306 g/mol. The molecule has 1 amide bonds. The number of aromatic nitrogens is 1. The molecule has 0 saturated heterocycles. The largest absolute Gasteiger partial charge is 0.325 e. The minimum atomic E-state index is -0.161. The molecule has 1 aromatic heterocycles. The van der Waals surface area contributed by atoms with Gasteiger partial charge in [0.1, 0.15) is 0 Å². The van der Waals surface area contributed by atoms with Gasteiger partial charge in [-0.25, -0.2) is 4.98 Å². The Labute approximate surface area is 127 Å². The lowest BCUT2D eigenvalue weighted by Crippen LogP contribution is -2.22. The third kappa shape index (κ3) is 4.08. The quantitative estimate of drug-likeness (QED) is 0.844. The first-order valence-corrected chi connectivity index (χ1v) is 8.33. The summed E-state index contributed by atoms with van der Waals surface area (Å²) in [7, 11) is 0. The molecule has 20 heavy (non-hydrogen) atoms. The number of nitrogens with zero attached hydrogens (tertiary/aromatic N) is 1. The lowest BCUT2D eigenvalue weighted by Gasteiger charge is -2.10. The Hall–Kier alpha value is -1.33. The van der Waals surface area contributed by atoms with Crippen LogP contribution in [-0.2, 0) is 11.2 Å².